The number of hydrogen-bond acceptors (Lipinski definition) is 2. The Kier molecular flexibility index (Phi) is 25.3. The van der Waals surface area contributed by atoms with Crippen molar-refractivity contribution >= 4 is 5.97 Å². The number of rotatable bonds is 24. The smallest absolute Gasteiger partial charge is 0.0786 e. The molecule has 0 aliphatic rings. The second-order valence-corrected chi connectivity index (χ2v) is 11.2. The molecule has 0 saturated heterocycles. The van der Waals surface area contributed by atoms with Crippen LogP contribution in [0.5, 0.6) is 0 Å². The number of carboxylic acid groups (broad SMARTS) is 1. The number of carbonyl (C=O) groups is 1. The lowest BCUT2D eigenvalue weighted by Crippen LogP contribution is -2.50. The molecule has 1 aromatic rings. The van der Waals surface area contributed by atoms with E-state index in [2.05, 4.69) is 27.7 Å². The van der Waals surface area contributed by atoms with Crippen LogP contribution in [0.3, 0.4) is 0 Å². The maximum absolute atomic E-state index is 10.1. The summed E-state index contributed by atoms with van der Waals surface area (Å²) in [4.78, 5) is 10.1. The van der Waals surface area contributed by atoms with Gasteiger partial charge in [0.1, 0.15) is 0 Å². The predicted molar refractivity (Wildman–Crippen MR) is 161 cm³/mol. The molecule has 0 bridgehead atoms. The molecule has 0 fully saturated rings. The number of unbranched alkanes of at least 4 members (excludes halogenated alkanes) is 15. The zero-order valence-electron chi connectivity index (χ0n) is 25.4. The SMILES string of the molecule is CCCCCCCCCCCCCCCCCC[N+](CCC)(CCC)CCC.O=C([O-])c1ccccc1. The predicted octanol–water partition coefficient (Wildman–Crippen LogP) is 9.34. The van der Waals surface area contributed by atoms with Gasteiger partial charge in [-0.25, -0.2) is 0 Å². The van der Waals surface area contributed by atoms with Crippen molar-refractivity contribution in [3.8, 4) is 0 Å². The molecule has 0 atom stereocenters. The van der Waals surface area contributed by atoms with Crippen LogP contribution in [0.2, 0.25) is 0 Å². The summed E-state index contributed by atoms with van der Waals surface area (Å²) in [6.45, 7) is 15.1. The van der Waals surface area contributed by atoms with Crippen molar-refractivity contribution < 1.29 is 14.4 Å². The van der Waals surface area contributed by atoms with E-state index >= 15 is 0 Å². The minimum Gasteiger partial charge on any atom is -0.545 e. The lowest BCUT2D eigenvalue weighted by Gasteiger charge is -2.38. The molecule has 0 radical (unpaired) electrons. The monoisotopic (exact) mass is 517 g/mol. The Morgan fingerprint density at radius 1 is 0.514 bits per heavy atom. The van der Waals surface area contributed by atoms with E-state index in [1.807, 2.05) is 0 Å². The van der Waals surface area contributed by atoms with Crippen LogP contribution in [0, 0.1) is 0 Å². The van der Waals surface area contributed by atoms with Crippen LogP contribution in [0.1, 0.15) is 160 Å². The third-order valence-electron chi connectivity index (χ3n) is 7.59. The van der Waals surface area contributed by atoms with Gasteiger partial charge in [0.05, 0.1) is 32.1 Å². The highest BCUT2D eigenvalue weighted by atomic mass is 16.4. The second-order valence-electron chi connectivity index (χ2n) is 11.2. The Morgan fingerprint density at radius 3 is 1.16 bits per heavy atom. The summed E-state index contributed by atoms with van der Waals surface area (Å²) in [5, 5.41) is 10.1. The molecule has 0 N–H and O–H groups in total. The van der Waals surface area contributed by atoms with Crippen molar-refractivity contribution in [2.45, 2.75) is 150 Å². The van der Waals surface area contributed by atoms with Crippen molar-refractivity contribution in [2.75, 3.05) is 26.2 Å². The minimum atomic E-state index is -1.13. The van der Waals surface area contributed by atoms with E-state index in [-0.39, 0.29) is 5.56 Å². The van der Waals surface area contributed by atoms with Crippen LogP contribution in [0.4, 0.5) is 0 Å². The summed E-state index contributed by atoms with van der Waals surface area (Å²) in [5.74, 6) is -1.13. The van der Waals surface area contributed by atoms with Crippen molar-refractivity contribution in [3.63, 3.8) is 0 Å². The molecule has 3 heteroatoms. The number of aromatic carboxylic acids is 1. The zero-order chi connectivity index (χ0) is 27.5. The van der Waals surface area contributed by atoms with Gasteiger partial charge in [0, 0.05) is 0 Å². The van der Waals surface area contributed by atoms with Gasteiger partial charge in [-0.1, -0.05) is 148 Å². The first kappa shape index (κ1) is 35.6. The van der Waals surface area contributed by atoms with Crippen molar-refractivity contribution in [3.05, 3.63) is 35.9 Å². The number of carbonyl (C=O) groups excluding carboxylic acids is 1. The van der Waals surface area contributed by atoms with Crippen LogP contribution in [0.25, 0.3) is 0 Å². The van der Waals surface area contributed by atoms with E-state index in [1.165, 1.54) is 165 Å². The van der Waals surface area contributed by atoms with Crippen molar-refractivity contribution in [2.24, 2.45) is 0 Å². The molecule has 0 unspecified atom stereocenters. The van der Waals surface area contributed by atoms with Gasteiger partial charge >= 0.3 is 0 Å². The first-order valence-electron chi connectivity index (χ1n) is 16.2. The van der Waals surface area contributed by atoms with Gasteiger partial charge in [0.15, 0.2) is 0 Å². The molecule has 0 saturated carbocycles. The topological polar surface area (TPSA) is 40.1 Å². The fourth-order valence-corrected chi connectivity index (χ4v) is 5.66. The number of hydrogen-bond donors (Lipinski definition) is 0. The largest absolute Gasteiger partial charge is 0.545 e. The molecule has 0 heterocycles. The first-order chi connectivity index (χ1) is 18.0. The Balaban J connectivity index is 0.00000120. The zero-order valence-corrected chi connectivity index (χ0v) is 25.4. The molecule has 216 valence electrons. The maximum Gasteiger partial charge on any atom is 0.0786 e. The lowest BCUT2D eigenvalue weighted by atomic mass is 10.0. The summed E-state index contributed by atoms with van der Waals surface area (Å²) < 4.78 is 1.40. The molecule has 0 aromatic heterocycles. The normalized spacial score (nSPS) is 11.2. The number of nitrogens with zero attached hydrogens (tertiary/aromatic N) is 1. The van der Waals surface area contributed by atoms with E-state index in [9.17, 15) is 9.90 Å². The summed E-state index contributed by atoms with van der Waals surface area (Å²) >= 11 is 0. The molecule has 0 aliphatic carbocycles. The Labute approximate surface area is 232 Å². The van der Waals surface area contributed by atoms with Crippen LogP contribution < -0.4 is 5.11 Å². The van der Waals surface area contributed by atoms with Gasteiger partial charge in [-0.3, -0.25) is 0 Å². The molecule has 0 aliphatic heterocycles. The number of carboxylic acids is 1. The molecule has 1 rings (SSSR count). The van der Waals surface area contributed by atoms with Gasteiger partial charge in [0.2, 0.25) is 0 Å². The molecule has 37 heavy (non-hydrogen) atoms. The molecule has 0 spiro atoms. The fraction of sp³-hybridized carbons (Fsp3) is 0.794. The quantitative estimate of drug-likeness (QED) is 0.101. The number of benzene rings is 1. The van der Waals surface area contributed by atoms with Crippen molar-refractivity contribution in [1.29, 1.82) is 0 Å². The fourth-order valence-electron chi connectivity index (χ4n) is 5.66. The standard InChI is InChI=1S/C27H58N.C7H6O2/c1-5-9-10-11-12-13-14-15-16-17-18-19-20-21-22-23-27-28(24-6-2,25-7-3)26-8-4;8-7(9)6-4-2-1-3-5-6/h5-27H2,1-4H3;1-5H,(H,8,9)/q+1;/p-1. The average molecular weight is 518 g/mol. The van der Waals surface area contributed by atoms with Gasteiger partial charge in [0.25, 0.3) is 0 Å². The van der Waals surface area contributed by atoms with Crippen LogP contribution >= 0.6 is 0 Å². The van der Waals surface area contributed by atoms with Gasteiger partial charge in [-0.05, 0) is 37.7 Å². The Hall–Kier alpha value is -1.35. The third-order valence-corrected chi connectivity index (χ3v) is 7.59. The molecule has 3 nitrogen and oxygen atoms in total. The van der Waals surface area contributed by atoms with Crippen LogP contribution in [-0.4, -0.2) is 36.6 Å². The van der Waals surface area contributed by atoms with Gasteiger partial charge in [-0.15, -0.1) is 0 Å². The average Bonchev–Trinajstić information content (AvgIpc) is 2.90. The van der Waals surface area contributed by atoms with Crippen molar-refractivity contribution in [1.82, 2.24) is 0 Å². The van der Waals surface area contributed by atoms with Gasteiger partial charge in [-0.2, -0.15) is 0 Å². The van der Waals surface area contributed by atoms with E-state index in [4.69, 9.17) is 0 Å². The highest BCUT2D eigenvalue weighted by Gasteiger charge is 2.23. The van der Waals surface area contributed by atoms with E-state index < -0.39 is 5.97 Å². The summed E-state index contributed by atoms with van der Waals surface area (Å²) in [6.07, 6.45) is 27.5. The van der Waals surface area contributed by atoms with Crippen LogP contribution in [0.15, 0.2) is 30.3 Å². The molecule has 1 aromatic carbocycles. The highest BCUT2D eigenvalue weighted by molar-refractivity contribution is 5.85. The third kappa shape index (κ3) is 21.3. The summed E-state index contributed by atoms with van der Waals surface area (Å²) in [5.41, 5.74) is 0.220. The molecular weight excluding hydrogens is 454 g/mol. The summed E-state index contributed by atoms with van der Waals surface area (Å²) in [6, 6.07) is 8.06. The Bertz CT molecular complexity index is 584. The lowest BCUT2D eigenvalue weighted by molar-refractivity contribution is -0.928. The second kappa shape index (κ2) is 26.3. The first-order valence-corrected chi connectivity index (χ1v) is 16.2. The molecular formula is C34H63NO2. The number of quaternary nitrogens is 1. The maximum atomic E-state index is 10.1. The van der Waals surface area contributed by atoms with E-state index in [1.54, 1.807) is 18.2 Å². The van der Waals surface area contributed by atoms with E-state index in [0.29, 0.717) is 0 Å². The van der Waals surface area contributed by atoms with Crippen LogP contribution in [-0.2, 0) is 0 Å². The molecule has 0 amide bonds. The summed E-state index contributed by atoms with van der Waals surface area (Å²) in [7, 11) is 0. The highest BCUT2D eigenvalue weighted by Crippen LogP contribution is 2.17. The minimum absolute atomic E-state index is 0.220. The van der Waals surface area contributed by atoms with Gasteiger partial charge < -0.3 is 14.4 Å². The van der Waals surface area contributed by atoms with E-state index in [0.717, 1.165) is 0 Å². The Morgan fingerprint density at radius 2 is 0.865 bits per heavy atom.